The maximum Gasteiger partial charge on any atom is 0.222 e. The van der Waals surface area contributed by atoms with E-state index < -0.39 is 0 Å². The molecule has 7 heteroatoms. The SMILES string of the molecule is CC[C@@H](C)C(=O)NCCCc1nn(-c2ccc(F)cc2)c(N)c1C#N. The second kappa shape index (κ2) is 8.29. The lowest BCUT2D eigenvalue weighted by molar-refractivity contribution is -0.124. The number of carbonyl (C=O) groups is 1. The van der Waals surface area contributed by atoms with Gasteiger partial charge >= 0.3 is 0 Å². The monoisotopic (exact) mass is 343 g/mol. The van der Waals surface area contributed by atoms with E-state index in [2.05, 4.69) is 16.5 Å². The van der Waals surface area contributed by atoms with Crippen molar-refractivity contribution in [3.8, 4) is 11.8 Å². The predicted molar refractivity (Wildman–Crippen MR) is 93.4 cm³/mol. The number of carbonyl (C=O) groups excluding carboxylic acids is 1. The van der Waals surface area contributed by atoms with E-state index in [-0.39, 0.29) is 23.5 Å². The van der Waals surface area contributed by atoms with Gasteiger partial charge in [-0.25, -0.2) is 9.07 Å². The van der Waals surface area contributed by atoms with Gasteiger partial charge in [-0.1, -0.05) is 13.8 Å². The van der Waals surface area contributed by atoms with Gasteiger partial charge in [-0.05, 0) is 43.5 Å². The summed E-state index contributed by atoms with van der Waals surface area (Å²) in [6.07, 6.45) is 1.96. The van der Waals surface area contributed by atoms with Crippen LogP contribution < -0.4 is 11.1 Å². The molecule has 6 nitrogen and oxygen atoms in total. The maximum absolute atomic E-state index is 13.1. The lowest BCUT2D eigenvalue weighted by atomic mass is 10.1. The Labute approximate surface area is 146 Å². The van der Waals surface area contributed by atoms with Crippen molar-refractivity contribution in [2.24, 2.45) is 5.92 Å². The minimum Gasteiger partial charge on any atom is -0.382 e. The molecule has 0 aliphatic rings. The van der Waals surface area contributed by atoms with E-state index in [1.807, 2.05) is 13.8 Å². The Kier molecular flexibility index (Phi) is 6.12. The fourth-order valence-corrected chi connectivity index (χ4v) is 2.38. The highest BCUT2D eigenvalue weighted by molar-refractivity contribution is 5.78. The maximum atomic E-state index is 13.1. The van der Waals surface area contributed by atoms with Crippen LogP contribution in [0, 0.1) is 23.1 Å². The molecule has 0 bridgehead atoms. The number of benzene rings is 1. The molecule has 1 aromatic heterocycles. The van der Waals surface area contributed by atoms with Gasteiger partial charge in [0.2, 0.25) is 5.91 Å². The number of hydrogen-bond acceptors (Lipinski definition) is 4. The van der Waals surface area contributed by atoms with Crippen molar-refractivity contribution < 1.29 is 9.18 Å². The van der Waals surface area contributed by atoms with Crippen LogP contribution in [0.1, 0.15) is 37.9 Å². The molecule has 1 atom stereocenters. The summed E-state index contributed by atoms with van der Waals surface area (Å²) >= 11 is 0. The normalized spacial score (nSPS) is 11.8. The molecule has 0 saturated carbocycles. The number of amides is 1. The predicted octanol–water partition coefficient (Wildman–Crippen LogP) is 2.56. The molecule has 0 saturated heterocycles. The average Bonchev–Trinajstić information content (AvgIpc) is 2.94. The van der Waals surface area contributed by atoms with Crippen LogP contribution in [-0.4, -0.2) is 22.2 Å². The number of aryl methyl sites for hydroxylation is 1. The number of nitrogens with zero attached hydrogens (tertiary/aromatic N) is 3. The van der Waals surface area contributed by atoms with E-state index >= 15 is 0 Å². The van der Waals surface area contributed by atoms with Crippen molar-refractivity contribution in [2.45, 2.75) is 33.1 Å². The number of anilines is 1. The van der Waals surface area contributed by atoms with Crippen LogP contribution in [-0.2, 0) is 11.2 Å². The third kappa shape index (κ3) is 4.35. The second-order valence-corrected chi connectivity index (χ2v) is 5.91. The van der Waals surface area contributed by atoms with E-state index in [1.165, 1.54) is 16.8 Å². The number of rotatable bonds is 7. The summed E-state index contributed by atoms with van der Waals surface area (Å²) in [6, 6.07) is 7.80. The molecular formula is C18H22FN5O. The summed E-state index contributed by atoms with van der Waals surface area (Å²) in [6.45, 7) is 4.36. The average molecular weight is 343 g/mol. The van der Waals surface area contributed by atoms with Gasteiger partial charge in [0.1, 0.15) is 23.3 Å². The van der Waals surface area contributed by atoms with E-state index in [9.17, 15) is 14.4 Å². The lowest BCUT2D eigenvalue weighted by Gasteiger charge is -2.09. The minimum atomic E-state index is -0.354. The summed E-state index contributed by atoms with van der Waals surface area (Å²) in [5.41, 5.74) is 7.49. The Hall–Kier alpha value is -2.88. The highest BCUT2D eigenvalue weighted by Gasteiger charge is 2.16. The summed E-state index contributed by atoms with van der Waals surface area (Å²) in [7, 11) is 0. The van der Waals surface area contributed by atoms with Crippen molar-refractivity contribution in [2.75, 3.05) is 12.3 Å². The topological polar surface area (TPSA) is 96.7 Å². The molecule has 0 aliphatic carbocycles. The molecule has 0 spiro atoms. The van der Waals surface area contributed by atoms with Gasteiger partial charge < -0.3 is 11.1 Å². The Balaban J connectivity index is 2.06. The van der Waals surface area contributed by atoms with Gasteiger partial charge in [-0.15, -0.1) is 0 Å². The van der Waals surface area contributed by atoms with Crippen molar-refractivity contribution >= 4 is 11.7 Å². The third-order valence-corrected chi connectivity index (χ3v) is 4.13. The van der Waals surface area contributed by atoms with Gasteiger partial charge in [-0.3, -0.25) is 4.79 Å². The highest BCUT2D eigenvalue weighted by Crippen LogP contribution is 2.21. The molecule has 0 radical (unpaired) electrons. The zero-order chi connectivity index (χ0) is 18.4. The van der Waals surface area contributed by atoms with Crippen LogP contribution in [0.25, 0.3) is 5.69 Å². The lowest BCUT2D eigenvalue weighted by Crippen LogP contribution is -2.29. The first-order chi connectivity index (χ1) is 12.0. The molecule has 1 amide bonds. The van der Waals surface area contributed by atoms with Crippen molar-refractivity contribution in [1.29, 1.82) is 5.26 Å². The number of nitrogens with two attached hydrogens (primary N) is 1. The van der Waals surface area contributed by atoms with Crippen molar-refractivity contribution in [3.63, 3.8) is 0 Å². The first kappa shape index (κ1) is 18.5. The zero-order valence-electron chi connectivity index (χ0n) is 14.4. The van der Waals surface area contributed by atoms with E-state index in [4.69, 9.17) is 5.73 Å². The van der Waals surface area contributed by atoms with E-state index in [0.717, 1.165) is 6.42 Å². The van der Waals surface area contributed by atoms with Gasteiger partial charge in [0.05, 0.1) is 11.4 Å². The first-order valence-corrected chi connectivity index (χ1v) is 8.29. The number of halogens is 1. The number of nitrogen functional groups attached to an aromatic ring is 1. The van der Waals surface area contributed by atoms with E-state index in [0.29, 0.717) is 36.3 Å². The van der Waals surface area contributed by atoms with Crippen LogP contribution in [0.3, 0.4) is 0 Å². The molecule has 0 aliphatic heterocycles. The van der Waals surface area contributed by atoms with Crippen molar-refractivity contribution in [3.05, 3.63) is 41.3 Å². The van der Waals surface area contributed by atoms with Crippen LogP contribution >= 0.6 is 0 Å². The summed E-state index contributed by atoms with van der Waals surface area (Å²) in [5.74, 6) is -0.109. The highest BCUT2D eigenvalue weighted by atomic mass is 19.1. The van der Waals surface area contributed by atoms with Gasteiger partial charge in [0.15, 0.2) is 0 Å². The Bertz CT molecular complexity index is 776. The molecule has 25 heavy (non-hydrogen) atoms. The smallest absolute Gasteiger partial charge is 0.222 e. The Morgan fingerprint density at radius 1 is 1.44 bits per heavy atom. The molecular weight excluding hydrogens is 321 g/mol. The number of hydrogen-bond donors (Lipinski definition) is 2. The van der Waals surface area contributed by atoms with Gasteiger partial charge in [0.25, 0.3) is 0 Å². The largest absolute Gasteiger partial charge is 0.382 e. The summed E-state index contributed by atoms with van der Waals surface area (Å²) in [4.78, 5) is 11.7. The number of nitriles is 1. The molecule has 1 heterocycles. The minimum absolute atomic E-state index is 0.0111. The van der Waals surface area contributed by atoms with Crippen LogP contribution in [0.4, 0.5) is 10.2 Å². The van der Waals surface area contributed by atoms with Crippen LogP contribution in [0.15, 0.2) is 24.3 Å². The van der Waals surface area contributed by atoms with Crippen molar-refractivity contribution in [1.82, 2.24) is 15.1 Å². The van der Waals surface area contributed by atoms with Crippen LogP contribution in [0.5, 0.6) is 0 Å². The standard InChI is InChI=1S/C18H22FN5O/c1-3-12(2)18(25)22-10-4-5-16-15(11-20)17(21)24(23-16)14-8-6-13(19)7-9-14/h6-9,12H,3-5,10,21H2,1-2H3,(H,22,25)/t12-/m1/s1. The number of aromatic nitrogens is 2. The number of nitrogens with one attached hydrogen (secondary N) is 1. The summed E-state index contributed by atoms with van der Waals surface area (Å²) in [5, 5.41) is 16.6. The van der Waals surface area contributed by atoms with Gasteiger partial charge in [-0.2, -0.15) is 10.4 Å². The van der Waals surface area contributed by atoms with Gasteiger partial charge in [0, 0.05) is 12.5 Å². The molecule has 0 unspecified atom stereocenters. The van der Waals surface area contributed by atoms with Crippen LogP contribution in [0.2, 0.25) is 0 Å². The Morgan fingerprint density at radius 3 is 2.72 bits per heavy atom. The molecule has 0 fully saturated rings. The fraction of sp³-hybridized carbons (Fsp3) is 0.389. The zero-order valence-corrected chi connectivity index (χ0v) is 14.4. The second-order valence-electron chi connectivity index (χ2n) is 5.91. The quantitative estimate of drug-likeness (QED) is 0.755. The molecule has 2 aromatic rings. The molecule has 2 rings (SSSR count). The first-order valence-electron chi connectivity index (χ1n) is 8.29. The molecule has 1 aromatic carbocycles. The molecule has 3 N–H and O–H groups in total. The fourth-order valence-electron chi connectivity index (χ4n) is 2.38. The molecule has 132 valence electrons. The summed E-state index contributed by atoms with van der Waals surface area (Å²) < 4.78 is 14.5. The Morgan fingerprint density at radius 2 is 2.12 bits per heavy atom. The van der Waals surface area contributed by atoms with E-state index in [1.54, 1.807) is 12.1 Å². The third-order valence-electron chi connectivity index (χ3n) is 4.13.